The Morgan fingerprint density at radius 1 is 0.909 bits per heavy atom. The number of amides is 2. The van der Waals surface area contributed by atoms with E-state index < -0.39 is 0 Å². The molecule has 286 valence electrons. The van der Waals surface area contributed by atoms with Crippen molar-refractivity contribution < 1.29 is 19.1 Å². The van der Waals surface area contributed by atoms with Crippen molar-refractivity contribution in [2.24, 2.45) is 0 Å². The van der Waals surface area contributed by atoms with Crippen molar-refractivity contribution in [1.29, 1.82) is 0 Å². The fraction of sp³-hybridized carbons (Fsp3) is 0.333. The topological polar surface area (TPSA) is 118 Å². The van der Waals surface area contributed by atoms with Gasteiger partial charge in [-0.3, -0.25) is 14.6 Å². The first-order valence-electron chi connectivity index (χ1n) is 18.4. The van der Waals surface area contributed by atoms with Crippen molar-refractivity contribution in [3.05, 3.63) is 93.1 Å². The van der Waals surface area contributed by atoms with E-state index in [1.54, 1.807) is 27.3 Å². The van der Waals surface area contributed by atoms with Crippen LogP contribution >= 0.6 is 34.8 Å². The summed E-state index contributed by atoms with van der Waals surface area (Å²) < 4.78 is 11.7. The highest BCUT2D eigenvalue weighted by Gasteiger charge is 2.23. The van der Waals surface area contributed by atoms with Crippen LogP contribution < -0.4 is 25.4 Å². The summed E-state index contributed by atoms with van der Waals surface area (Å²) in [5, 5.41) is 12.3. The maximum absolute atomic E-state index is 11.7. The zero-order valence-electron chi connectivity index (χ0n) is 31.0. The quantitative estimate of drug-likeness (QED) is 0.116. The Labute approximate surface area is 335 Å². The zero-order chi connectivity index (χ0) is 38.6. The first kappa shape index (κ1) is 38.8. The van der Waals surface area contributed by atoms with E-state index in [0.717, 1.165) is 71.1 Å². The number of benzene rings is 3. The van der Waals surface area contributed by atoms with E-state index in [-0.39, 0.29) is 17.9 Å². The zero-order valence-corrected chi connectivity index (χ0v) is 33.2. The van der Waals surface area contributed by atoms with Gasteiger partial charge in [0, 0.05) is 103 Å². The summed E-state index contributed by atoms with van der Waals surface area (Å²) in [4.78, 5) is 34.8. The number of hydrogen-bond acceptors (Lipinski definition) is 8. The second kappa shape index (κ2) is 17.1. The van der Waals surface area contributed by atoms with Crippen LogP contribution in [0.25, 0.3) is 44.5 Å². The number of likely N-dealkylation sites (tertiary alicyclic amines) is 1. The summed E-state index contributed by atoms with van der Waals surface area (Å²) in [7, 11) is 3.29. The van der Waals surface area contributed by atoms with Gasteiger partial charge in [0.05, 0.1) is 46.2 Å². The number of rotatable bonds is 12. The molecule has 0 radical (unpaired) electrons. The summed E-state index contributed by atoms with van der Waals surface area (Å²) in [6.45, 7) is 4.96. The van der Waals surface area contributed by atoms with Gasteiger partial charge in [0.1, 0.15) is 11.5 Å². The van der Waals surface area contributed by atoms with Gasteiger partial charge in [-0.2, -0.15) is 0 Å². The second-order valence-corrected chi connectivity index (χ2v) is 15.1. The number of nitrogens with zero attached hydrogens (tertiary/aromatic N) is 3. The lowest BCUT2D eigenvalue weighted by Gasteiger charge is -2.32. The van der Waals surface area contributed by atoms with Crippen LogP contribution in [0.4, 0.5) is 0 Å². The smallest absolute Gasteiger partial charge is 0.220 e. The van der Waals surface area contributed by atoms with Crippen molar-refractivity contribution >= 4 is 57.5 Å². The Morgan fingerprint density at radius 2 is 1.69 bits per heavy atom. The van der Waals surface area contributed by atoms with Crippen LogP contribution in [0.5, 0.6) is 11.5 Å². The Bertz CT molecular complexity index is 2240. The van der Waals surface area contributed by atoms with Gasteiger partial charge in [-0.1, -0.05) is 65.1 Å². The number of pyridine rings is 2. The SMILES string of the molecule is COc1cc(-c2nccc(-c3cccc(-c4ccc5c(OC)c(CNC6CCN(C(C)=O)CC6)cc(Cl)c5n4)c3Cl)c2Cl)ccc1CNCC1CCC(=O)N1. The fourth-order valence-electron chi connectivity index (χ4n) is 7.50. The summed E-state index contributed by atoms with van der Waals surface area (Å²) >= 11 is 21.2. The average Bonchev–Trinajstić information content (AvgIpc) is 3.62. The molecule has 55 heavy (non-hydrogen) atoms. The highest BCUT2D eigenvalue weighted by molar-refractivity contribution is 6.39. The normalized spacial score (nSPS) is 16.1. The largest absolute Gasteiger partial charge is 0.496 e. The molecule has 0 spiro atoms. The standard InChI is InChI=1S/C42H43Cl3N6O4/c1-24(52)51-17-14-28(15-18-51)48-22-27-19-34(43)41-33(42(27)55-3)10-11-35(50-41)32-6-4-5-30(38(32)44)31-13-16-47-40(39(31)45)25-7-8-26(36(20-25)54-2)21-46-23-29-9-12-37(53)49-29/h4-8,10-11,13,16,19-20,28-29,46,48H,9,12,14-15,17-18,21-23H2,1-3H3,(H,49,53). The molecule has 2 aliphatic heterocycles. The predicted octanol–water partition coefficient (Wildman–Crippen LogP) is 8.08. The van der Waals surface area contributed by atoms with E-state index in [4.69, 9.17) is 49.3 Å². The number of carbonyl (C=O) groups excluding carboxylic acids is 2. The molecular formula is C42H43Cl3N6O4. The van der Waals surface area contributed by atoms with E-state index in [9.17, 15) is 9.59 Å². The molecule has 0 saturated carbocycles. The van der Waals surface area contributed by atoms with Gasteiger partial charge < -0.3 is 30.3 Å². The molecule has 1 unspecified atom stereocenters. The van der Waals surface area contributed by atoms with Crippen LogP contribution in [0.2, 0.25) is 15.1 Å². The molecule has 2 fully saturated rings. The van der Waals surface area contributed by atoms with Crippen molar-refractivity contribution in [2.45, 2.75) is 57.8 Å². The van der Waals surface area contributed by atoms with Crippen molar-refractivity contribution in [3.63, 3.8) is 0 Å². The summed E-state index contributed by atoms with van der Waals surface area (Å²) in [5.41, 5.74) is 6.77. The summed E-state index contributed by atoms with van der Waals surface area (Å²) in [6.07, 6.45) is 4.92. The summed E-state index contributed by atoms with van der Waals surface area (Å²) in [6, 6.07) is 19.8. The van der Waals surface area contributed by atoms with E-state index in [1.807, 2.05) is 65.6 Å². The molecule has 1 atom stereocenters. The molecule has 3 N–H and O–H groups in total. The number of halogens is 3. The van der Waals surface area contributed by atoms with Gasteiger partial charge in [-0.25, -0.2) is 4.98 Å². The van der Waals surface area contributed by atoms with Crippen LogP contribution in [0, 0.1) is 0 Å². The Balaban J connectivity index is 1.12. The van der Waals surface area contributed by atoms with Gasteiger partial charge >= 0.3 is 0 Å². The maximum Gasteiger partial charge on any atom is 0.220 e. The molecule has 0 bridgehead atoms. The molecule has 4 heterocycles. The number of carbonyl (C=O) groups is 2. The minimum atomic E-state index is 0.100. The molecule has 5 aromatic rings. The molecule has 2 amide bonds. The van der Waals surface area contributed by atoms with Crippen LogP contribution in [0.15, 0.2) is 66.9 Å². The summed E-state index contributed by atoms with van der Waals surface area (Å²) in [5.74, 6) is 1.64. The van der Waals surface area contributed by atoms with Crippen LogP contribution in [0.3, 0.4) is 0 Å². The van der Waals surface area contributed by atoms with Crippen LogP contribution in [-0.4, -0.2) is 72.6 Å². The lowest BCUT2D eigenvalue weighted by molar-refractivity contribution is -0.130. The minimum Gasteiger partial charge on any atom is -0.496 e. The lowest BCUT2D eigenvalue weighted by Crippen LogP contribution is -2.43. The maximum atomic E-state index is 11.7. The third kappa shape index (κ3) is 8.39. The average molecular weight is 802 g/mol. The molecule has 3 aromatic carbocycles. The minimum absolute atomic E-state index is 0.100. The highest BCUT2D eigenvalue weighted by atomic mass is 35.5. The molecule has 2 aliphatic rings. The number of aromatic nitrogens is 2. The molecular weight excluding hydrogens is 759 g/mol. The van der Waals surface area contributed by atoms with Gasteiger partial charge in [-0.15, -0.1) is 0 Å². The van der Waals surface area contributed by atoms with Gasteiger partial charge in [0.25, 0.3) is 0 Å². The van der Waals surface area contributed by atoms with Crippen LogP contribution in [-0.2, 0) is 22.7 Å². The highest BCUT2D eigenvalue weighted by Crippen LogP contribution is 2.43. The van der Waals surface area contributed by atoms with Gasteiger partial charge in [0.15, 0.2) is 0 Å². The Morgan fingerprint density at radius 3 is 2.42 bits per heavy atom. The number of methoxy groups -OCH3 is 2. The van der Waals surface area contributed by atoms with Crippen LogP contribution in [0.1, 0.15) is 43.7 Å². The van der Waals surface area contributed by atoms with E-state index >= 15 is 0 Å². The molecule has 13 heteroatoms. The van der Waals surface area contributed by atoms with E-state index in [1.165, 1.54) is 0 Å². The third-order valence-electron chi connectivity index (χ3n) is 10.5. The monoisotopic (exact) mass is 800 g/mol. The number of nitrogens with one attached hydrogen (secondary N) is 3. The molecule has 7 rings (SSSR count). The van der Waals surface area contributed by atoms with Gasteiger partial charge in [0.2, 0.25) is 11.8 Å². The Hall–Kier alpha value is -4.45. The number of piperidine rings is 1. The fourth-order valence-corrected chi connectivity index (χ4v) is 8.42. The second-order valence-electron chi connectivity index (χ2n) is 14.0. The van der Waals surface area contributed by atoms with Gasteiger partial charge in [-0.05, 0) is 49.6 Å². The number of hydrogen-bond donors (Lipinski definition) is 3. The first-order valence-corrected chi connectivity index (χ1v) is 19.5. The molecule has 0 aliphatic carbocycles. The van der Waals surface area contributed by atoms with Crippen molar-refractivity contribution in [2.75, 3.05) is 33.9 Å². The van der Waals surface area contributed by atoms with Crippen molar-refractivity contribution in [3.8, 4) is 45.1 Å². The lowest BCUT2D eigenvalue weighted by atomic mass is 9.98. The number of ether oxygens (including phenoxy) is 2. The predicted molar refractivity (Wildman–Crippen MR) is 219 cm³/mol. The number of fused-ring (bicyclic) bond motifs is 1. The first-order chi connectivity index (χ1) is 26.6. The molecule has 2 aromatic heterocycles. The molecule has 10 nitrogen and oxygen atoms in total. The van der Waals surface area contributed by atoms with E-state index in [2.05, 4.69) is 20.9 Å². The Kier molecular flexibility index (Phi) is 12.1. The third-order valence-corrected chi connectivity index (χ3v) is 11.6. The van der Waals surface area contributed by atoms with Crippen molar-refractivity contribution in [1.82, 2.24) is 30.8 Å². The van der Waals surface area contributed by atoms with E-state index in [0.29, 0.717) is 75.6 Å². The molecule has 2 saturated heterocycles.